The molecule has 1 heterocycles. The highest BCUT2D eigenvalue weighted by Gasteiger charge is 2.24. The summed E-state index contributed by atoms with van der Waals surface area (Å²) in [6, 6.07) is 7.26. The molecule has 3 N–H and O–H groups in total. The van der Waals surface area contributed by atoms with Crippen molar-refractivity contribution in [2.45, 2.75) is 25.7 Å². The van der Waals surface area contributed by atoms with Crippen molar-refractivity contribution in [3.8, 4) is 0 Å². The van der Waals surface area contributed by atoms with E-state index in [1.54, 1.807) is 12.1 Å². The van der Waals surface area contributed by atoms with Crippen LogP contribution in [-0.2, 0) is 17.6 Å². The lowest BCUT2D eigenvalue weighted by Gasteiger charge is -2.11. The normalized spacial score (nSPS) is 13.7. The molecule has 3 rings (SSSR count). The molecule has 0 spiro atoms. The Hall–Kier alpha value is -2.11. The number of rotatable bonds is 4. The maximum absolute atomic E-state index is 12.2. The van der Waals surface area contributed by atoms with Crippen molar-refractivity contribution >= 4 is 45.8 Å². The van der Waals surface area contributed by atoms with Crippen LogP contribution in [0.3, 0.4) is 0 Å². The molecule has 0 aliphatic heterocycles. The molecule has 1 aromatic carbocycles. The van der Waals surface area contributed by atoms with Gasteiger partial charge in [0.2, 0.25) is 5.91 Å². The predicted molar refractivity (Wildman–Crippen MR) is 98.6 cm³/mol. The number of benzene rings is 1. The van der Waals surface area contributed by atoms with E-state index in [9.17, 15) is 9.59 Å². The molecule has 4 nitrogen and oxygen atoms in total. The van der Waals surface area contributed by atoms with Gasteiger partial charge in [0, 0.05) is 16.0 Å². The van der Waals surface area contributed by atoms with Crippen LogP contribution in [0.1, 0.15) is 39.2 Å². The molecule has 2 amide bonds. The Kier molecular flexibility index (Phi) is 5.02. The lowest BCUT2D eigenvalue weighted by Crippen LogP contribution is -2.17. The van der Waals surface area contributed by atoms with Crippen LogP contribution in [0.2, 0.25) is 5.02 Å². The first-order valence-electron chi connectivity index (χ1n) is 7.74. The fourth-order valence-corrected chi connectivity index (χ4v) is 4.34. The minimum Gasteiger partial charge on any atom is -0.365 e. The second-order valence-electron chi connectivity index (χ2n) is 5.62. The number of fused-ring (bicyclic) bond motifs is 1. The Labute approximate surface area is 149 Å². The Morgan fingerprint density at radius 3 is 2.71 bits per heavy atom. The zero-order chi connectivity index (χ0) is 17.1. The molecular weight excluding hydrogens is 344 g/mol. The number of thiophene rings is 1. The van der Waals surface area contributed by atoms with E-state index in [0.29, 0.717) is 15.6 Å². The van der Waals surface area contributed by atoms with Gasteiger partial charge in [-0.25, -0.2) is 0 Å². The summed E-state index contributed by atoms with van der Waals surface area (Å²) < 4.78 is 0. The maximum atomic E-state index is 12.2. The van der Waals surface area contributed by atoms with Crippen molar-refractivity contribution in [3.63, 3.8) is 0 Å². The SMILES string of the molecule is NC(=O)c1c(NC(=O)/C=C\c2ccccc2Cl)sc2c1CCCC2. The summed E-state index contributed by atoms with van der Waals surface area (Å²) in [7, 11) is 0. The van der Waals surface area contributed by atoms with Gasteiger partial charge >= 0.3 is 0 Å². The van der Waals surface area contributed by atoms with E-state index in [1.165, 1.54) is 17.4 Å². The summed E-state index contributed by atoms with van der Waals surface area (Å²) in [5.74, 6) is -0.796. The van der Waals surface area contributed by atoms with Crippen molar-refractivity contribution in [1.82, 2.24) is 0 Å². The number of primary amides is 1. The van der Waals surface area contributed by atoms with Gasteiger partial charge in [-0.3, -0.25) is 9.59 Å². The summed E-state index contributed by atoms with van der Waals surface area (Å²) in [6.07, 6.45) is 6.98. The molecule has 0 saturated carbocycles. The summed E-state index contributed by atoms with van der Waals surface area (Å²) in [5.41, 5.74) is 7.75. The Morgan fingerprint density at radius 1 is 1.21 bits per heavy atom. The van der Waals surface area contributed by atoms with Crippen LogP contribution in [0, 0.1) is 0 Å². The summed E-state index contributed by atoms with van der Waals surface area (Å²) in [6.45, 7) is 0. The molecule has 24 heavy (non-hydrogen) atoms. The third-order valence-corrected chi connectivity index (χ3v) is 5.53. The third-order valence-electron chi connectivity index (χ3n) is 3.97. The Morgan fingerprint density at radius 2 is 1.96 bits per heavy atom. The lowest BCUT2D eigenvalue weighted by atomic mass is 9.95. The van der Waals surface area contributed by atoms with Gasteiger partial charge in [0.1, 0.15) is 5.00 Å². The summed E-state index contributed by atoms with van der Waals surface area (Å²) >= 11 is 7.51. The van der Waals surface area contributed by atoms with Crippen LogP contribution >= 0.6 is 22.9 Å². The molecule has 0 saturated heterocycles. The van der Waals surface area contributed by atoms with Crippen molar-refractivity contribution in [2.75, 3.05) is 5.32 Å². The van der Waals surface area contributed by atoms with Crippen LogP contribution in [0.25, 0.3) is 6.08 Å². The van der Waals surface area contributed by atoms with Gasteiger partial charge in [0.25, 0.3) is 5.91 Å². The van der Waals surface area contributed by atoms with E-state index in [4.69, 9.17) is 17.3 Å². The maximum Gasteiger partial charge on any atom is 0.251 e. The van der Waals surface area contributed by atoms with Crippen LogP contribution in [0.15, 0.2) is 30.3 Å². The van der Waals surface area contributed by atoms with Gasteiger partial charge < -0.3 is 11.1 Å². The molecular formula is C18H17ClN2O2S. The summed E-state index contributed by atoms with van der Waals surface area (Å²) in [5, 5.41) is 3.91. The molecule has 6 heteroatoms. The average molecular weight is 361 g/mol. The van der Waals surface area contributed by atoms with Crippen molar-refractivity contribution < 1.29 is 9.59 Å². The molecule has 0 unspecified atom stereocenters. The molecule has 1 aromatic heterocycles. The van der Waals surface area contributed by atoms with Gasteiger partial charge in [-0.15, -0.1) is 11.3 Å². The number of nitrogens with two attached hydrogens (primary N) is 1. The second kappa shape index (κ2) is 7.20. The Balaban J connectivity index is 1.81. The largest absolute Gasteiger partial charge is 0.365 e. The lowest BCUT2D eigenvalue weighted by molar-refractivity contribution is -0.111. The molecule has 0 atom stereocenters. The number of nitrogens with one attached hydrogen (secondary N) is 1. The van der Waals surface area contributed by atoms with Crippen molar-refractivity contribution in [2.24, 2.45) is 5.73 Å². The van der Waals surface area contributed by atoms with Gasteiger partial charge in [0.15, 0.2) is 0 Å². The van der Waals surface area contributed by atoms with Gasteiger partial charge in [0.05, 0.1) is 5.56 Å². The quantitative estimate of drug-likeness (QED) is 0.808. The summed E-state index contributed by atoms with van der Waals surface area (Å²) in [4.78, 5) is 25.2. The van der Waals surface area contributed by atoms with E-state index in [0.717, 1.165) is 41.7 Å². The number of carbonyl (C=O) groups excluding carboxylic acids is 2. The average Bonchev–Trinajstić information content (AvgIpc) is 2.92. The monoisotopic (exact) mass is 360 g/mol. The minimum atomic E-state index is -0.486. The predicted octanol–water partition coefficient (Wildman–Crippen LogP) is 4.03. The van der Waals surface area contributed by atoms with E-state index < -0.39 is 5.91 Å². The molecule has 0 bridgehead atoms. The van der Waals surface area contributed by atoms with E-state index in [2.05, 4.69) is 5.32 Å². The highest BCUT2D eigenvalue weighted by molar-refractivity contribution is 7.17. The topological polar surface area (TPSA) is 72.2 Å². The highest BCUT2D eigenvalue weighted by Crippen LogP contribution is 2.37. The first kappa shape index (κ1) is 16.7. The highest BCUT2D eigenvalue weighted by atomic mass is 35.5. The zero-order valence-electron chi connectivity index (χ0n) is 13.0. The zero-order valence-corrected chi connectivity index (χ0v) is 14.5. The van der Waals surface area contributed by atoms with E-state index >= 15 is 0 Å². The number of halogens is 1. The molecule has 0 radical (unpaired) electrons. The number of amides is 2. The minimum absolute atomic E-state index is 0.309. The Bertz CT molecular complexity index is 826. The molecule has 124 valence electrons. The number of carbonyl (C=O) groups is 2. The second-order valence-corrected chi connectivity index (χ2v) is 7.14. The van der Waals surface area contributed by atoms with Crippen LogP contribution in [-0.4, -0.2) is 11.8 Å². The first-order valence-corrected chi connectivity index (χ1v) is 8.93. The molecule has 1 aliphatic carbocycles. The van der Waals surface area contributed by atoms with Crippen LogP contribution < -0.4 is 11.1 Å². The first-order chi connectivity index (χ1) is 11.6. The van der Waals surface area contributed by atoms with Gasteiger partial charge in [-0.1, -0.05) is 29.8 Å². The molecule has 2 aromatic rings. The van der Waals surface area contributed by atoms with Gasteiger partial charge in [-0.05, 0) is 49.0 Å². The number of anilines is 1. The van der Waals surface area contributed by atoms with Crippen LogP contribution in [0.4, 0.5) is 5.00 Å². The van der Waals surface area contributed by atoms with E-state index in [1.807, 2.05) is 18.2 Å². The van der Waals surface area contributed by atoms with Crippen molar-refractivity contribution in [1.29, 1.82) is 0 Å². The van der Waals surface area contributed by atoms with Crippen molar-refractivity contribution in [3.05, 3.63) is 56.9 Å². The third kappa shape index (κ3) is 3.52. The smallest absolute Gasteiger partial charge is 0.251 e. The number of hydrogen-bond acceptors (Lipinski definition) is 3. The fourth-order valence-electron chi connectivity index (χ4n) is 2.84. The number of hydrogen-bond donors (Lipinski definition) is 2. The van der Waals surface area contributed by atoms with Crippen LogP contribution in [0.5, 0.6) is 0 Å². The standard InChI is InChI=1S/C18H17ClN2O2S/c19-13-7-3-1-5-11(13)9-10-15(22)21-18-16(17(20)23)12-6-2-4-8-14(12)24-18/h1,3,5,7,9-10H,2,4,6,8H2,(H2,20,23)(H,21,22)/b10-9-. The van der Waals surface area contributed by atoms with Gasteiger partial charge in [-0.2, -0.15) is 0 Å². The molecule has 0 fully saturated rings. The number of aryl methyl sites for hydroxylation is 1. The van der Waals surface area contributed by atoms with E-state index in [-0.39, 0.29) is 5.91 Å². The fraction of sp³-hybridized carbons (Fsp3) is 0.222. The molecule has 1 aliphatic rings.